The number of fused-ring (bicyclic) bond motifs is 1. The standard InChI is InChI=1S/C18H16ClN5O3/c1-11-13(19)6-4-8-14(11)21-16(25)9-20-17(26)10-24-18(27)12-5-2-3-7-15(12)22-23-24/h2-8H,9-10H2,1H3,(H,20,26)(H,21,25). The Morgan fingerprint density at radius 1 is 1.11 bits per heavy atom. The van der Waals surface area contributed by atoms with E-state index in [0.717, 1.165) is 10.2 Å². The molecule has 0 fully saturated rings. The predicted octanol–water partition coefficient (Wildman–Crippen LogP) is 1.51. The molecule has 1 aromatic heterocycles. The van der Waals surface area contributed by atoms with E-state index in [-0.39, 0.29) is 13.1 Å². The van der Waals surface area contributed by atoms with Crippen LogP contribution in [0.2, 0.25) is 5.02 Å². The van der Waals surface area contributed by atoms with Crippen molar-refractivity contribution in [1.82, 2.24) is 20.3 Å². The first-order chi connectivity index (χ1) is 13.0. The van der Waals surface area contributed by atoms with E-state index in [2.05, 4.69) is 20.9 Å². The van der Waals surface area contributed by atoms with Crippen molar-refractivity contribution in [2.45, 2.75) is 13.5 Å². The topological polar surface area (TPSA) is 106 Å². The molecule has 8 nitrogen and oxygen atoms in total. The molecule has 0 aliphatic heterocycles. The summed E-state index contributed by atoms with van der Waals surface area (Å²) in [7, 11) is 0. The summed E-state index contributed by atoms with van der Waals surface area (Å²) in [5, 5.41) is 13.7. The number of aromatic nitrogens is 3. The molecule has 2 aromatic carbocycles. The third-order valence-corrected chi connectivity index (χ3v) is 4.32. The van der Waals surface area contributed by atoms with Crippen LogP contribution in [0.4, 0.5) is 5.69 Å². The molecule has 2 amide bonds. The smallest absolute Gasteiger partial charge is 0.278 e. The fourth-order valence-corrected chi connectivity index (χ4v) is 2.61. The van der Waals surface area contributed by atoms with Gasteiger partial charge < -0.3 is 10.6 Å². The monoisotopic (exact) mass is 385 g/mol. The summed E-state index contributed by atoms with van der Waals surface area (Å²) < 4.78 is 0.955. The lowest BCUT2D eigenvalue weighted by Gasteiger charge is -2.10. The van der Waals surface area contributed by atoms with Crippen molar-refractivity contribution in [3.8, 4) is 0 Å². The van der Waals surface area contributed by atoms with Crippen LogP contribution < -0.4 is 16.2 Å². The van der Waals surface area contributed by atoms with Gasteiger partial charge in [-0.1, -0.05) is 35.0 Å². The van der Waals surface area contributed by atoms with Crippen LogP contribution in [-0.4, -0.2) is 33.4 Å². The molecule has 0 aliphatic rings. The van der Waals surface area contributed by atoms with Crippen LogP contribution in [0.15, 0.2) is 47.3 Å². The van der Waals surface area contributed by atoms with Gasteiger partial charge in [0.2, 0.25) is 11.8 Å². The van der Waals surface area contributed by atoms with E-state index >= 15 is 0 Å². The maximum atomic E-state index is 12.3. The number of hydrogen-bond acceptors (Lipinski definition) is 5. The Bertz CT molecular complexity index is 1080. The van der Waals surface area contributed by atoms with Gasteiger partial charge >= 0.3 is 0 Å². The molecule has 0 saturated heterocycles. The Balaban J connectivity index is 1.60. The van der Waals surface area contributed by atoms with Gasteiger partial charge in [-0.2, -0.15) is 0 Å². The third-order valence-electron chi connectivity index (χ3n) is 3.91. The maximum absolute atomic E-state index is 12.3. The van der Waals surface area contributed by atoms with E-state index < -0.39 is 17.4 Å². The van der Waals surface area contributed by atoms with E-state index in [1.807, 2.05) is 0 Å². The van der Waals surface area contributed by atoms with Gasteiger partial charge in [0, 0.05) is 10.7 Å². The van der Waals surface area contributed by atoms with Crippen molar-refractivity contribution in [3.05, 3.63) is 63.4 Å². The van der Waals surface area contributed by atoms with Crippen LogP contribution >= 0.6 is 11.6 Å². The van der Waals surface area contributed by atoms with Gasteiger partial charge in [0.15, 0.2) is 0 Å². The van der Waals surface area contributed by atoms with Crippen molar-refractivity contribution < 1.29 is 9.59 Å². The largest absolute Gasteiger partial charge is 0.345 e. The molecule has 1 heterocycles. The Morgan fingerprint density at radius 3 is 2.70 bits per heavy atom. The number of amides is 2. The van der Waals surface area contributed by atoms with Gasteiger partial charge in [0.25, 0.3) is 5.56 Å². The number of anilines is 1. The number of carbonyl (C=O) groups excluding carboxylic acids is 2. The molecule has 27 heavy (non-hydrogen) atoms. The SMILES string of the molecule is Cc1c(Cl)cccc1NC(=O)CNC(=O)Cn1nnc2ccccc2c1=O. The summed E-state index contributed by atoms with van der Waals surface area (Å²) in [5.74, 6) is -0.940. The molecule has 9 heteroatoms. The number of carbonyl (C=O) groups is 2. The fourth-order valence-electron chi connectivity index (χ4n) is 2.44. The van der Waals surface area contributed by atoms with Crippen molar-refractivity contribution in [2.24, 2.45) is 0 Å². The number of nitrogens with one attached hydrogen (secondary N) is 2. The Kier molecular flexibility index (Phi) is 5.46. The molecular formula is C18H16ClN5O3. The first-order valence-corrected chi connectivity index (χ1v) is 8.47. The lowest BCUT2D eigenvalue weighted by molar-refractivity contribution is -0.124. The molecule has 0 atom stereocenters. The van der Waals surface area contributed by atoms with Crippen LogP contribution in [0.25, 0.3) is 10.9 Å². The Labute approximate surface area is 159 Å². The normalized spacial score (nSPS) is 10.6. The minimum atomic E-state index is -0.528. The number of rotatable bonds is 5. The average molecular weight is 386 g/mol. The second-order valence-corrected chi connectivity index (χ2v) is 6.21. The van der Waals surface area contributed by atoms with E-state index in [4.69, 9.17) is 11.6 Å². The van der Waals surface area contributed by atoms with Crippen LogP contribution in [0.3, 0.4) is 0 Å². The number of hydrogen-bond donors (Lipinski definition) is 2. The molecule has 0 aliphatic carbocycles. The number of halogens is 1. The summed E-state index contributed by atoms with van der Waals surface area (Å²) in [6, 6.07) is 11.9. The van der Waals surface area contributed by atoms with Crippen LogP contribution in [0.5, 0.6) is 0 Å². The number of nitrogens with zero attached hydrogens (tertiary/aromatic N) is 3. The zero-order valence-electron chi connectivity index (χ0n) is 14.4. The summed E-state index contributed by atoms with van der Waals surface area (Å²) in [5.41, 5.74) is 1.33. The van der Waals surface area contributed by atoms with E-state index in [9.17, 15) is 14.4 Å². The van der Waals surface area contributed by atoms with Crippen LogP contribution in [-0.2, 0) is 16.1 Å². The Hall–Kier alpha value is -3.26. The second-order valence-electron chi connectivity index (χ2n) is 5.81. The van der Waals surface area contributed by atoms with Crippen molar-refractivity contribution >= 4 is 40.0 Å². The van der Waals surface area contributed by atoms with Crippen LogP contribution in [0.1, 0.15) is 5.56 Å². The Morgan fingerprint density at radius 2 is 1.89 bits per heavy atom. The predicted molar refractivity (Wildman–Crippen MR) is 102 cm³/mol. The highest BCUT2D eigenvalue weighted by Crippen LogP contribution is 2.22. The van der Waals surface area contributed by atoms with Gasteiger partial charge in [-0.05, 0) is 36.8 Å². The molecule has 2 N–H and O–H groups in total. The van der Waals surface area contributed by atoms with Crippen molar-refractivity contribution in [1.29, 1.82) is 0 Å². The minimum Gasteiger partial charge on any atom is -0.345 e. The summed E-state index contributed by atoms with van der Waals surface area (Å²) in [6.45, 7) is 1.20. The summed E-state index contributed by atoms with van der Waals surface area (Å²) in [4.78, 5) is 36.3. The molecule has 0 bridgehead atoms. The zero-order valence-corrected chi connectivity index (χ0v) is 15.2. The van der Waals surface area contributed by atoms with Gasteiger partial charge in [0.1, 0.15) is 12.1 Å². The third kappa shape index (κ3) is 4.29. The molecule has 0 saturated carbocycles. The zero-order chi connectivity index (χ0) is 19.4. The summed E-state index contributed by atoms with van der Waals surface area (Å²) in [6.07, 6.45) is 0. The first kappa shape index (κ1) is 18.5. The van der Waals surface area contributed by atoms with E-state index in [0.29, 0.717) is 21.6 Å². The average Bonchev–Trinajstić information content (AvgIpc) is 2.66. The van der Waals surface area contributed by atoms with Crippen LogP contribution in [0, 0.1) is 6.92 Å². The van der Waals surface area contributed by atoms with Crippen molar-refractivity contribution in [2.75, 3.05) is 11.9 Å². The molecule has 0 spiro atoms. The maximum Gasteiger partial charge on any atom is 0.278 e. The highest BCUT2D eigenvalue weighted by Gasteiger charge is 2.11. The second kappa shape index (κ2) is 7.96. The van der Waals surface area contributed by atoms with Gasteiger partial charge in [-0.15, -0.1) is 5.10 Å². The lowest BCUT2D eigenvalue weighted by Crippen LogP contribution is -2.38. The number of benzene rings is 2. The fraction of sp³-hybridized carbons (Fsp3) is 0.167. The first-order valence-electron chi connectivity index (χ1n) is 8.10. The lowest BCUT2D eigenvalue weighted by atomic mass is 10.2. The van der Waals surface area contributed by atoms with E-state index in [1.54, 1.807) is 49.4 Å². The molecule has 138 valence electrons. The molecule has 0 unspecified atom stereocenters. The minimum absolute atomic E-state index is 0.249. The summed E-state index contributed by atoms with van der Waals surface area (Å²) >= 11 is 6.01. The van der Waals surface area contributed by atoms with E-state index in [1.165, 1.54) is 0 Å². The molecule has 0 radical (unpaired) electrons. The highest BCUT2D eigenvalue weighted by atomic mass is 35.5. The van der Waals surface area contributed by atoms with Gasteiger partial charge in [0.05, 0.1) is 11.9 Å². The molecule has 3 rings (SSSR count). The van der Waals surface area contributed by atoms with Crippen molar-refractivity contribution in [3.63, 3.8) is 0 Å². The highest BCUT2D eigenvalue weighted by molar-refractivity contribution is 6.31. The van der Waals surface area contributed by atoms with Gasteiger partial charge in [-0.3, -0.25) is 14.4 Å². The molecule has 3 aromatic rings. The van der Waals surface area contributed by atoms with Gasteiger partial charge in [-0.25, -0.2) is 4.68 Å². The quantitative estimate of drug-likeness (QED) is 0.692. The molecular weight excluding hydrogens is 370 g/mol.